The molecule has 2 saturated heterocycles. The molecule has 0 bridgehead atoms. The molecule has 1 aromatic carbocycles. The van der Waals surface area contributed by atoms with Gasteiger partial charge in [0.05, 0.1) is 12.1 Å². The van der Waals surface area contributed by atoms with Crippen LogP contribution in [0.15, 0.2) is 30.3 Å². The van der Waals surface area contributed by atoms with Gasteiger partial charge in [0.1, 0.15) is 6.04 Å². The summed E-state index contributed by atoms with van der Waals surface area (Å²) >= 11 is 0. The molecule has 2 aliphatic heterocycles. The molecule has 216 valence electrons. The second-order valence-corrected chi connectivity index (χ2v) is 10.5. The van der Waals surface area contributed by atoms with Crippen molar-refractivity contribution in [2.24, 2.45) is 5.92 Å². The molecule has 0 saturated carbocycles. The summed E-state index contributed by atoms with van der Waals surface area (Å²) in [5, 5.41) is 8.19. The molecule has 0 aromatic heterocycles. The monoisotopic (exact) mass is 553 g/mol. The Labute approximate surface area is 226 Å². The van der Waals surface area contributed by atoms with Crippen LogP contribution in [-0.4, -0.2) is 90.5 Å². The molecule has 3 N–H and O–H groups in total. The topological polar surface area (TPSA) is 111 Å². The van der Waals surface area contributed by atoms with Crippen molar-refractivity contribution in [1.29, 1.82) is 0 Å². The SMILES string of the molecule is CNC1CCN(C(=O)N[C@H](C(=O)NC(=O)[C@@H]2CCCN2[C@@H](Cc2ccccc2)C(=O)C(F)(F)F)C(C)C)CC1. The Balaban J connectivity index is 1.69. The van der Waals surface area contributed by atoms with Gasteiger partial charge in [0.2, 0.25) is 11.8 Å². The molecule has 0 aliphatic carbocycles. The smallest absolute Gasteiger partial charge is 0.326 e. The first kappa shape index (κ1) is 30.6. The Hall–Kier alpha value is -2.99. The van der Waals surface area contributed by atoms with E-state index in [2.05, 4.69) is 16.0 Å². The molecule has 12 heteroatoms. The van der Waals surface area contributed by atoms with Crippen molar-refractivity contribution < 1.29 is 32.3 Å². The van der Waals surface area contributed by atoms with Crippen LogP contribution in [0.3, 0.4) is 0 Å². The summed E-state index contributed by atoms with van der Waals surface area (Å²) in [4.78, 5) is 54.4. The number of hydrogen-bond acceptors (Lipinski definition) is 6. The Bertz CT molecular complexity index is 1010. The second kappa shape index (κ2) is 13.4. The Kier molecular flexibility index (Phi) is 10.5. The number of alkyl halides is 3. The van der Waals surface area contributed by atoms with E-state index in [4.69, 9.17) is 0 Å². The van der Waals surface area contributed by atoms with Gasteiger partial charge in [0.25, 0.3) is 5.78 Å². The summed E-state index contributed by atoms with van der Waals surface area (Å²) in [5.74, 6) is -3.79. The van der Waals surface area contributed by atoms with E-state index in [1.54, 1.807) is 49.1 Å². The first-order valence-electron chi connectivity index (χ1n) is 13.4. The number of hydrogen-bond donors (Lipinski definition) is 3. The van der Waals surface area contributed by atoms with E-state index in [0.717, 1.165) is 12.8 Å². The van der Waals surface area contributed by atoms with E-state index >= 15 is 0 Å². The fraction of sp³-hybridized carbons (Fsp3) is 0.630. The number of benzene rings is 1. The molecule has 3 atom stereocenters. The van der Waals surface area contributed by atoms with Crippen LogP contribution in [0.1, 0.15) is 45.1 Å². The molecule has 2 heterocycles. The van der Waals surface area contributed by atoms with E-state index in [-0.39, 0.29) is 25.3 Å². The van der Waals surface area contributed by atoms with Crippen LogP contribution in [0.4, 0.5) is 18.0 Å². The summed E-state index contributed by atoms with van der Waals surface area (Å²) in [6.07, 6.45) is -3.14. The van der Waals surface area contributed by atoms with Crippen molar-refractivity contribution in [1.82, 2.24) is 25.8 Å². The number of likely N-dealkylation sites (tertiary alicyclic amines) is 2. The number of carbonyl (C=O) groups excluding carboxylic acids is 4. The molecule has 2 aliphatic rings. The van der Waals surface area contributed by atoms with Gasteiger partial charge in [-0.2, -0.15) is 13.2 Å². The predicted octanol–water partition coefficient (Wildman–Crippen LogP) is 2.25. The predicted molar refractivity (Wildman–Crippen MR) is 139 cm³/mol. The number of halogens is 3. The summed E-state index contributed by atoms with van der Waals surface area (Å²) in [6.45, 7) is 4.61. The lowest BCUT2D eigenvalue weighted by molar-refractivity contribution is -0.177. The van der Waals surface area contributed by atoms with Gasteiger partial charge in [-0.25, -0.2) is 4.79 Å². The molecule has 1 aromatic rings. The number of piperidine rings is 1. The van der Waals surface area contributed by atoms with Gasteiger partial charge in [-0.15, -0.1) is 0 Å². The molecule has 0 unspecified atom stereocenters. The lowest BCUT2D eigenvalue weighted by atomic mass is 9.99. The quantitative estimate of drug-likeness (QED) is 0.433. The number of rotatable bonds is 9. The van der Waals surface area contributed by atoms with E-state index < -0.39 is 47.9 Å². The first-order valence-corrected chi connectivity index (χ1v) is 13.4. The van der Waals surface area contributed by atoms with Crippen molar-refractivity contribution in [3.05, 3.63) is 35.9 Å². The highest BCUT2D eigenvalue weighted by atomic mass is 19.4. The summed E-state index contributed by atoms with van der Waals surface area (Å²) in [7, 11) is 1.87. The molecule has 4 amide bonds. The van der Waals surface area contributed by atoms with Gasteiger partial charge in [-0.3, -0.25) is 24.6 Å². The van der Waals surface area contributed by atoms with E-state index in [1.165, 1.54) is 4.90 Å². The third kappa shape index (κ3) is 8.01. The number of nitrogens with one attached hydrogen (secondary N) is 3. The first-order chi connectivity index (χ1) is 18.4. The van der Waals surface area contributed by atoms with Gasteiger partial charge >= 0.3 is 12.2 Å². The van der Waals surface area contributed by atoms with Gasteiger partial charge in [0, 0.05) is 19.1 Å². The van der Waals surface area contributed by atoms with Crippen molar-refractivity contribution in [2.75, 3.05) is 26.7 Å². The zero-order chi connectivity index (χ0) is 28.7. The minimum atomic E-state index is -5.08. The number of nitrogens with zero attached hydrogens (tertiary/aromatic N) is 2. The maximum Gasteiger partial charge on any atom is 0.451 e. The largest absolute Gasteiger partial charge is 0.451 e. The van der Waals surface area contributed by atoms with Crippen molar-refractivity contribution in [2.45, 2.75) is 76.3 Å². The van der Waals surface area contributed by atoms with E-state index in [9.17, 15) is 32.3 Å². The highest BCUT2D eigenvalue weighted by molar-refractivity contribution is 6.01. The minimum Gasteiger partial charge on any atom is -0.326 e. The van der Waals surface area contributed by atoms with Gasteiger partial charge < -0.3 is 15.5 Å². The number of imide groups is 1. The summed E-state index contributed by atoms with van der Waals surface area (Å²) in [6, 6.07) is 4.52. The van der Waals surface area contributed by atoms with Crippen LogP contribution in [-0.2, 0) is 20.8 Å². The Morgan fingerprint density at radius 3 is 2.21 bits per heavy atom. The maximum absolute atomic E-state index is 13.5. The highest BCUT2D eigenvalue weighted by Crippen LogP contribution is 2.28. The average molecular weight is 554 g/mol. The number of Topliss-reactive ketones (excluding diaryl/α,β-unsaturated/α-hetero) is 1. The number of urea groups is 1. The van der Waals surface area contributed by atoms with Crippen LogP contribution < -0.4 is 16.0 Å². The fourth-order valence-electron chi connectivity index (χ4n) is 5.24. The lowest BCUT2D eigenvalue weighted by Crippen LogP contribution is -2.59. The Morgan fingerprint density at radius 2 is 1.64 bits per heavy atom. The van der Waals surface area contributed by atoms with Gasteiger partial charge in [0.15, 0.2) is 0 Å². The normalized spacial score (nSPS) is 20.5. The van der Waals surface area contributed by atoms with Crippen molar-refractivity contribution in [3.63, 3.8) is 0 Å². The fourth-order valence-corrected chi connectivity index (χ4v) is 5.24. The highest BCUT2D eigenvalue weighted by Gasteiger charge is 2.49. The van der Waals surface area contributed by atoms with Gasteiger partial charge in [-0.1, -0.05) is 44.2 Å². The van der Waals surface area contributed by atoms with Crippen LogP contribution in [0, 0.1) is 5.92 Å². The number of amides is 4. The third-order valence-corrected chi connectivity index (χ3v) is 7.52. The molecule has 0 spiro atoms. The van der Waals surface area contributed by atoms with E-state index in [1.807, 2.05) is 7.05 Å². The molecule has 2 fully saturated rings. The van der Waals surface area contributed by atoms with E-state index in [0.29, 0.717) is 31.1 Å². The number of ketones is 1. The van der Waals surface area contributed by atoms with Crippen LogP contribution >= 0.6 is 0 Å². The molecule has 39 heavy (non-hydrogen) atoms. The number of carbonyl (C=O) groups is 4. The standard InChI is InChI=1S/C27H38F3N5O4/c1-17(2)22(32-26(39)34-14-11-19(31-3)12-15-34)25(38)33-24(37)20-10-7-13-35(20)21(23(36)27(28,29)30)16-18-8-5-4-6-9-18/h4-6,8-9,17,19-22,31H,7,10-16H2,1-3H3,(H,32,39)(H,33,37,38)/t20-,21-,22-/m0/s1. The van der Waals surface area contributed by atoms with Crippen LogP contribution in [0.2, 0.25) is 0 Å². The average Bonchev–Trinajstić information content (AvgIpc) is 3.39. The van der Waals surface area contributed by atoms with Crippen LogP contribution in [0.5, 0.6) is 0 Å². The summed E-state index contributed by atoms with van der Waals surface area (Å²) in [5.41, 5.74) is 0.531. The third-order valence-electron chi connectivity index (χ3n) is 7.52. The lowest BCUT2D eigenvalue weighted by Gasteiger charge is -2.34. The Morgan fingerprint density at radius 1 is 1.00 bits per heavy atom. The maximum atomic E-state index is 13.5. The van der Waals surface area contributed by atoms with Gasteiger partial charge in [-0.05, 0) is 57.2 Å². The van der Waals surface area contributed by atoms with Crippen molar-refractivity contribution >= 4 is 23.6 Å². The summed E-state index contributed by atoms with van der Waals surface area (Å²) < 4.78 is 40.6. The molecular formula is C27H38F3N5O4. The zero-order valence-corrected chi connectivity index (χ0v) is 22.6. The second-order valence-electron chi connectivity index (χ2n) is 10.5. The zero-order valence-electron chi connectivity index (χ0n) is 22.6. The van der Waals surface area contributed by atoms with Crippen LogP contribution in [0.25, 0.3) is 0 Å². The molecule has 3 rings (SSSR count). The molecule has 9 nitrogen and oxygen atoms in total. The molecule has 0 radical (unpaired) electrons. The van der Waals surface area contributed by atoms with Crippen molar-refractivity contribution in [3.8, 4) is 0 Å². The molecular weight excluding hydrogens is 515 g/mol. The minimum absolute atomic E-state index is 0.110.